The lowest BCUT2D eigenvalue weighted by Gasteiger charge is -2.20. The van der Waals surface area contributed by atoms with Gasteiger partial charge in [0.05, 0.1) is 0 Å². The molecular formula is C9H19ClN2O2. The lowest BCUT2D eigenvalue weighted by Crippen LogP contribution is -2.41. The van der Waals surface area contributed by atoms with Gasteiger partial charge in [0, 0.05) is 12.1 Å². The minimum absolute atomic E-state index is 0. The molecule has 84 valence electrons. The van der Waals surface area contributed by atoms with Crippen LogP contribution in [-0.4, -0.2) is 23.8 Å². The van der Waals surface area contributed by atoms with Crippen LogP contribution in [0.25, 0.3) is 0 Å². The van der Waals surface area contributed by atoms with E-state index in [9.17, 15) is 4.79 Å². The van der Waals surface area contributed by atoms with E-state index in [2.05, 4.69) is 5.32 Å². The van der Waals surface area contributed by atoms with Gasteiger partial charge >= 0.3 is 6.09 Å². The van der Waals surface area contributed by atoms with Crippen LogP contribution < -0.4 is 11.1 Å². The molecule has 0 radical (unpaired) electrons. The van der Waals surface area contributed by atoms with Crippen LogP contribution >= 0.6 is 12.4 Å². The summed E-state index contributed by atoms with van der Waals surface area (Å²) in [5.74, 6) is 0. The molecule has 0 unspecified atom stereocenters. The molecule has 5 heteroatoms. The number of alkyl carbamates (subject to hydrolysis) is 1. The molecule has 0 atom stereocenters. The molecule has 0 aliphatic heterocycles. The zero-order valence-corrected chi connectivity index (χ0v) is 9.74. The minimum Gasteiger partial charge on any atom is -0.444 e. The number of nitrogens with two attached hydrogens (primary N) is 1. The van der Waals surface area contributed by atoms with Crippen molar-refractivity contribution in [2.75, 3.05) is 6.54 Å². The molecule has 0 spiro atoms. The van der Waals surface area contributed by atoms with Gasteiger partial charge in [-0.15, -0.1) is 12.4 Å². The normalized spacial score (nSPS) is 18.0. The quantitative estimate of drug-likeness (QED) is 0.743. The number of ether oxygens (including phenoxy) is 1. The van der Waals surface area contributed by atoms with Crippen molar-refractivity contribution in [1.29, 1.82) is 0 Å². The van der Waals surface area contributed by atoms with Crippen molar-refractivity contribution in [3.05, 3.63) is 0 Å². The van der Waals surface area contributed by atoms with Gasteiger partial charge in [-0.25, -0.2) is 4.79 Å². The maximum absolute atomic E-state index is 11.1. The molecule has 1 rings (SSSR count). The molecular weight excluding hydrogens is 204 g/mol. The van der Waals surface area contributed by atoms with Crippen LogP contribution in [0.2, 0.25) is 0 Å². The second kappa shape index (κ2) is 4.36. The number of carbonyl (C=O) groups is 1. The summed E-state index contributed by atoms with van der Waals surface area (Å²) in [5, 5.41) is 2.66. The highest BCUT2D eigenvalue weighted by Crippen LogP contribution is 2.30. The van der Waals surface area contributed by atoms with Crippen LogP contribution in [-0.2, 0) is 4.74 Å². The van der Waals surface area contributed by atoms with E-state index in [0.717, 1.165) is 12.8 Å². The zero-order valence-electron chi connectivity index (χ0n) is 8.92. The lowest BCUT2D eigenvalue weighted by atomic mass is 10.2. The maximum Gasteiger partial charge on any atom is 0.407 e. The van der Waals surface area contributed by atoms with E-state index < -0.39 is 5.60 Å². The SMILES string of the molecule is CC(C)(C)OC(=O)NCC1(N)CC1.Cl. The summed E-state index contributed by atoms with van der Waals surface area (Å²) >= 11 is 0. The van der Waals surface area contributed by atoms with Gasteiger partial charge in [-0.1, -0.05) is 0 Å². The van der Waals surface area contributed by atoms with E-state index >= 15 is 0 Å². The summed E-state index contributed by atoms with van der Waals surface area (Å²) in [5.41, 5.74) is 5.20. The monoisotopic (exact) mass is 222 g/mol. The van der Waals surface area contributed by atoms with Gasteiger partial charge in [0.15, 0.2) is 0 Å². The Morgan fingerprint density at radius 3 is 2.36 bits per heavy atom. The highest BCUT2D eigenvalue weighted by molar-refractivity contribution is 5.85. The minimum atomic E-state index is -0.435. The number of halogens is 1. The van der Waals surface area contributed by atoms with Crippen molar-refractivity contribution >= 4 is 18.5 Å². The predicted molar refractivity (Wildman–Crippen MR) is 57.6 cm³/mol. The summed E-state index contributed by atoms with van der Waals surface area (Å²) in [7, 11) is 0. The van der Waals surface area contributed by atoms with Gasteiger partial charge in [0.2, 0.25) is 0 Å². The fraction of sp³-hybridized carbons (Fsp3) is 0.889. The molecule has 0 aromatic rings. The van der Waals surface area contributed by atoms with E-state index in [-0.39, 0.29) is 24.0 Å². The lowest BCUT2D eigenvalue weighted by molar-refractivity contribution is 0.0523. The Labute approximate surface area is 91.0 Å². The number of nitrogens with one attached hydrogen (secondary N) is 1. The number of rotatable bonds is 2. The summed E-state index contributed by atoms with van der Waals surface area (Å²) in [6.45, 7) is 6.02. The van der Waals surface area contributed by atoms with Crippen LogP contribution in [0.15, 0.2) is 0 Å². The Morgan fingerprint density at radius 2 is 2.00 bits per heavy atom. The molecule has 0 aromatic heterocycles. The van der Waals surface area contributed by atoms with Crippen molar-refractivity contribution < 1.29 is 9.53 Å². The molecule has 14 heavy (non-hydrogen) atoms. The Kier molecular flexibility index (Phi) is 4.21. The second-order valence-corrected chi connectivity index (χ2v) is 4.72. The van der Waals surface area contributed by atoms with Crippen LogP contribution in [0.1, 0.15) is 33.6 Å². The third-order valence-corrected chi connectivity index (χ3v) is 1.88. The highest BCUT2D eigenvalue weighted by Gasteiger charge is 2.38. The van der Waals surface area contributed by atoms with Crippen LogP contribution in [0.4, 0.5) is 4.79 Å². The maximum atomic E-state index is 11.1. The van der Waals surface area contributed by atoms with Crippen molar-refractivity contribution in [3.8, 4) is 0 Å². The number of hydrogen-bond acceptors (Lipinski definition) is 3. The summed E-state index contributed by atoms with van der Waals surface area (Å²) < 4.78 is 5.06. The smallest absolute Gasteiger partial charge is 0.407 e. The standard InChI is InChI=1S/C9H18N2O2.ClH/c1-8(2,3)13-7(12)11-6-9(10)4-5-9;/h4-6,10H2,1-3H3,(H,11,12);1H. The van der Waals surface area contributed by atoms with Crippen molar-refractivity contribution in [3.63, 3.8) is 0 Å². The Morgan fingerprint density at radius 1 is 1.50 bits per heavy atom. The molecule has 3 N–H and O–H groups in total. The molecule has 0 aromatic carbocycles. The van der Waals surface area contributed by atoms with Crippen molar-refractivity contribution in [2.24, 2.45) is 5.73 Å². The van der Waals surface area contributed by atoms with E-state index in [4.69, 9.17) is 10.5 Å². The summed E-state index contributed by atoms with van der Waals surface area (Å²) in [4.78, 5) is 11.1. The number of carbonyl (C=O) groups excluding carboxylic acids is 1. The molecule has 1 amide bonds. The van der Waals surface area contributed by atoms with Gasteiger partial charge < -0.3 is 15.8 Å². The van der Waals surface area contributed by atoms with Crippen molar-refractivity contribution in [1.82, 2.24) is 5.32 Å². The topological polar surface area (TPSA) is 64.3 Å². The third kappa shape index (κ3) is 5.29. The van der Waals surface area contributed by atoms with Crippen LogP contribution in [0.5, 0.6) is 0 Å². The Hall–Kier alpha value is -0.480. The van der Waals surface area contributed by atoms with Gasteiger partial charge in [-0.2, -0.15) is 0 Å². The molecule has 1 fully saturated rings. The molecule has 1 aliphatic rings. The fourth-order valence-corrected chi connectivity index (χ4v) is 0.900. The predicted octanol–water partition coefficient (Wildman–Crippen LogP) is 1.42. The largest absolute Gasteiger partial charge is 0.444 e. The van der Waals surface area contributed by atoms with Gasteiger partial charge in [-0.3, -0.25) is 0 Å². The number of amides is 1. The van der Waals surface area contributed by atoms with Gasteiger partial charge in [0.1, 0.15) is 5.60 Å². The fourth-order valence-electron chi connectivity index (χ4n) is 0.900. The Bertz CT molecular complexity index is 209. The molecule has 0 heterocycles. The summed E-state index contributed by atoms with van der Waals surface area (Å²) in [6, 6.07) is 0. The van der Waals surface area contributed by atoms with Crippen molar-refractivity contribution in [2.45, 2.75) is 44.8 Å². The van der Waals surface area contributed by atoms with Gasteiger partial charge in [-0.05, 0) is 33.6 Å². The summed E-state index contributed by atoms with van der Waals surface area (Å²) in [6.07, 6.45) is 1.59. The third-order valence-electron chi connectivity index (χ3n) is 1.88. The second-order valence-electron chi connectivity index (χ2n) is 4.72. The Balaban J connectivity index is 0.00000169. The first-order valence-electron chi connectivity index (χ1n) is 4.57. The van der Waals surface area contributed by atoms with E-state index in [0.29, 0.717) is 6.54 Å². The average molecular weight is 223 g/mol. The van der Waals surface area contributed by atoms with Crippen LogP contribution in [0, 0.1) is 0 Å². The zero-order chi connectivity index (χ0) is 10.1. The molecule has 1 saturated carbocycles. The molecule has 4 nitrogen and oxygen atoms in total. The first-order valence-corrected chi connectivity index (χ1v) is 4.57. The van der Waals surface area contributed by atoms with Gasteiger partial charge in [0.25, 0.3) is 0 Å². The average Bonchev–Trinajstić information content (AvgIpc) is 2.62. The first-order chi connectivity index (χ1) is 5.81. The highest BCUT2D eigenvalue weighted by atomic mass is 35.5. The molecule has 0 saturated heterocycles. The molecule has 1 aliphatic carbocycles. The molecule has 0 bridgehead atoms. The number of hydrogen-bond donors (Lipinski definition) is 2. The first kappa shape index (κ1) is 13.5. The van der Waals surface area contributed by atoms with Crippen LogP contribution in [0.3, 0.4) is 0 Å². The van der Waals surface area contributed by atoms with E-state index in [1.165, 1.54) is 0 Å². The van der Waals surface area contributed by atoms with E-state index in [1.807, 2.05) is 20.8 Å². The van der Waals surface area contributed by atoms with E-state index in [1.54, 1.807) is 0 Å².